The Balaban J connectivity index is 0.000000148. The summed E-state index contributed by atoms with van der Waals surface area (Å²) in [7, 11) is -6.17. The third kappa shape index (κ3) is 13.5. The predicted octanol–water partition coefficient (Wildman–Crippen LogP) is 13.8. The lowest BCUT2D eigenvalue weighted by Gasteiger charge is -2.55. The molecule has 14 nitrogen and oxygen atoms in total. The standard InChI is InChI=1S/C32H45N4O3P.C26H34ClN3O.C6H12NO2P.C2H6/c1-21-14-22-16-23(15-21)18-26(17-22)35-24-6-5-7-25(35)20-27(19-24)36-30-9-4-3-8-29(30)33-31(32(36)37)34-12-10-28(11-13-34)40(2,38)39;1-16-9-17-11-18(10-16)13-21(12-17)29-19-5-4-6-20(29)15-22(14-19)30-24-8-3-2-7-23(24)28-25(27)26(30)31;1-10(8,9)6-2-4-7-5-3-6;1-2/h3-4,8-10,21-27H,5-7,11-20H2,1-2H3,(H,38,39);2-3,7-8,16-22H,4-6,9-15H2,1H3;2,7H,3-5H2,1H3,(H,8,9);1-2H3/t21?,22-,23+,24-,25+,26?,27?;16?,17-,18+,19-,20+,21?,22?;;. The van der Waals surface area contributed by atoms with Gasteiger partial charge in [0.2, 0.25) is 14.7 Å². The highest BCUT2D eigenvalue weighted by Gasteiger charge is 2.48. The van der Waals surface area contributed by atoms with E-state index in [9.17, 15) is 23.6 Å². The predicted molar refractivity (Wildman–Crippen MR) is 339 cm³/mol. The normalized spacial score (nSPS) is 34.9. The van der Waals surface area contributed by atoms with Gasteiger partial charge in [0.15, 0.2) is 11.0 Å². The van der Waals surface area contributed by atoms with E-state index in [1.807, 2.05) is 77.9 Å². The van der Waals surface area contributed by atoms with Gasteiger partial charge in [-0.1, -0.05) is 88.6 Å². The Morgan fingerprint density at radius 2 is 0.976 bits per heavy atom. The van der Waals surface area contributed by atoms with Gasteiger partial charge in [-0.3, -0.25) is 28.5 Å². The molecule has 0 radical (unpaired) electrons. The van der Waals surface area contributed by atoms with Gasteiger partial charge in [-0.2, -0.15) is 0 Å². The molecule has 10 aliphatic rings. The number of nitrogens with one attached hydrogen (secondary N) is 1. The van der Waals surface area contributed by atoms with Gasteiger partial charge < -0.3 is 29.1 Å². The number of hydrogen-bond donors (Lipinski definition) is 3. The zero-order valence-corrected chi connectivity index (χ0v) is 53.2. The summed E-state index contributed by atoms with van der Waals surface area (Å²) in [5.41, 5.74) is 3.45. The van der Waals surface area contributed by atoms with E-state index in [2.05, 4.69) is 44.6 Å². The number of para-hydroxylation sites is 4. The first-order chi connectivity index (χ1) is 39.9. The quantitative estimate of drug-likeness (QED) is 0.150. The van der Waals surface area contributed by atoms with Crippen LogP contribution in [-0.4, -0.2) is 114 Å². The fourth-order valence-electron chi connectivity index (χ4n) is 18.6. The maximum atomic E-state index is 14.2. The number of rotatable bonds is 7. The Morgan fingerprint density at radius 3 is 1.39 bits per heavy atom. The number of fused-ring (bicyclic) bond motifs is 10. The minimum Gasteiger partial charge on any atom is -0.348 e. The van der Waals surface area contributed by atoms with Crippen LogP contribution in [0.1, 0.15) is 181 Å². The Bertz CT molecular complexity index is 3160. The highest BCUT2D eigenvalue weighted by Crippen LogP contribution is 2.52. The summed E-state index contributed by atoms with van der Waals surface area (Å²) in [4.78, 5) is 63.6. The van der Waals surface area contributed by atoms with E-state index in [1.54, 1.807) is 0 Å². The summed E-state index contributed by atoms with van der Waals surface area (Å²) in [6.45, 7) is 14.2. The van der Waals surface area contributed by atoms with Crippen molar-refractivity contribution < 1.29 is 18.9 Å². The summed E-state index contributed by atoms with van der Waals surface area (Å²) >= 11 is 6.29. The molecule has 8 bridgehead atoms. The lowest BCUT2D eigenvalue weighted by atomic mass is 9.65. The van der Waals surface area contributed by atoms with E-state index in [4.69, 9.17) is 21.5 Å². The van der Waals surface area contributed by atoms with Crippen molar-refractivity contribution in [3.8, 4) is 0 Å². The van der Waals surface area contributed by atoms with Crippen molar-refractivity contribution in [2.24, 2.45) is 35.5 Å². The molecule has 3 N–H and O–H groups in total. The molecule has 2 aromatic carbocycles. The molecule has 0 amide bonds. The van der Waals surface area contributed by atoms with E-state index < -0.39 is 14.7 Å². The molecule has 6 aliphatic heterocycles. The second-order valence-corrected chi connectivity index (χ2v) is 32.4. The van der Waals surface area contributed by atoms with E-state index in [0.29, 0.717) is 66.5 Å². The lowest BCUT2D eigenvalue weighted by molar-refractivity contribution is -0.0526. The molecule has 4 aliphatic carbocycles. The molecule has 4 aromatic rings. The van der Waals surface area contributed by atoms with E-state index >= 15 is 0 Å². The van der Waals surface area contributed by atoms with E-state index in [0.717, 1.165) is 108 Å². The van der Waals surface area contributed by atoms with Crippen molar-refractivity contribution in [3.05, 3.63) is 97.2 Å². The van der Waals surface area contributed by atoms with Crippen molar-refractivity contribution in [3.63, 3.8) is 0 Å². The third-order valence-electron chi connectivity index (χ3n) is 21.4. The number of piperidine rings is 4. The van der Waals surface area contributed by atoms with Gasteiger partial charge in [0.25, 0.3) is 11.1 Å². The highest BCUT2D eigenvalue weighted by molar-refractivity contribution is 7.61. The van der Waals surface area contributed by atoms with Crippen LogP contribution in [0.15, 0.2) is 80.9 Å². The van der Waals surface area contributed by atoms with Gasteiger partial charge in [0.1, 0.15) is 0 Å². The molecule has 4 saturated carbocycles. The van der Waals surface area contributed by atoms with E-state index in [-0.39, 0.29) is 28.4 Å². The molecular formula is C66H97ClN8O6P2. The van der Waals surface area contributed by atoms with Gasteiger partial charge in [0.05, 0.1) is 22.1 Å². The van der Waals surface area contributed by atoms with Crippen molar-refractivity contribution >= 4 is 54.2 Å². The molecular weight excluding hydrogens is 1100 g/mol. The van der Waals surface area contributed by atoms with Crippen molar-refractivity contribution in [1.29, 1.82) is 0 Å². The molecule has 14 rings (SSSR count). The zero-order chi connectivity index (χ0) is 58.3. The number of anilines is 1. The van der Waals surface area contributed by atoms with E-state index in [1.165, 1.54) is 116 Å². The first-order valence-electron chi connectivity index (χ1n) is 32.6. The maximum Gasteiger partial charge on any atom is 0.294 e. The first-order valence-corrected chi connectivity index (χ1v) is 37.2. The van der Waals surface area contributed by atoms with Gasteiger partial charge in [-0.15, -0.1) is 0 Å². The summed E-state index contributed by atoms with van der Waals surface area (Å²) in [6, 6.07) is 20.3. The average molecular weight is 1200 g/mol. The van der Waals surface area contributed by atoms with Gasteiger partial charge in [-0.05, 0) is 195 Å². The molecule has 0 spiro atoms. The number of aromatic nitrogens is 4. The summed E-state index contributed by atoms with van der Waals surface area (Å²) < 4.78 is 27.3. The SMILES string of the molecule is CC.CC1C[C@@H]2CC(N3[C@@H]4CCC[C@H]3CC(n3c(=O)c(Cl)nc5ccccc53)C4)C[C@H](C1)C2.CC1C[C@@H]2CC(N3[C@@H]4CCC[C@H]3CC(n3c(=O)c(N5CC=C(P(C)(=O)O)CC5)nc5ccccc53)C4)C[C@H](C1)C2.CP(=O)(O)C1=CCNCC1. The van der Waals surface area contributed by atoms with Crippen LogP contribution in [0.4, 0.5) is 5.82 Å². The number of benzene rings is 2. The smallest absolute Gasteiger partial charge is 0.294 e. The van der Waals surface area contributed by atoms with Gasteiger partial charge in [-0.25, -0.2) is 9.97 Å². The lowest BCUT2D eigenvalue weighted by Crippen LogP contribution is -2.59. The Labute approximate surface area is 499 Å². The molecule has 8 fully saturated rings. The first kappa shape index (κ1) is 61.2. The summed E-state index contributed by atoms with van der Waals surface area (Å²) in [5, 5.41) is 4.51. The number of halogens is 1. The second kappa shape index (κ2) is 26.1. The van der Waals surface area contributed by atoms with Crippen LogP contribution >= 0.6 is 26.3 Å². The van der Waals surface area contributed by atoms with Crippen LogP contribution < -0.4 is 21.3 Å². The number of hydrogen-bond acceptors (Lipinski definition) is 10. The molecule has 17 heteroatoms. The van der Waals surface area contributed by atoms with Crippen LogP contribution in [-0.2, 0) is 9.13 Å². The molecule has 4 saturated heterocycles. The van der Waals surface area contributed by atoms with Crippen LogP contribution in [0.3, 0.4) is 0 Å². The summed E-state index contributed by atoms with van der Waals surface area (Å²) in [5.74, 6) is 6.01. The average Bonchev–Trinajstić information content (AvgIpc) is 3.28. The minimum absolute atomic E-state index is 0.00283. The maximum absolute atomic E-state index is 14.2. The Hall–Kier alpha value is -3.45. The topological polar surface area (TPSA) is 166 Å². The Kier molecular flexibility index (Phi) is 19.2. The molecule has 8 heterocycles. The monoisotopic (exact) mass is 1190 g/mol. The largest absolute Gasteiger partial charge is 0.348 e. The fourth-order valence-corrected chi connectivity index (χ4v) is 20.7. The number of nitrogens with zero attached hydrogens (tertiary/aromatic N) is 7. The van der Waals surface area contributed by atoms with Gasteiger partial charge >= 0.3 is 0 Å². The zero-order valence-electron chi connectivity index (χ0n) is 50.7. The molecule has 8 unspecified atom stereocenters. The fraction of sp³-hybridized carbons (Fsp3) is 0.697. The van der Waals surface area contributed by atoms with Crippen molar-refractivity contribution in [1.82, 2.24) is 34.2 Å². The molecule has 454 valence electrons. The van der Waals surface area contributed by atoms with Crippen LogP contribution in [0.5, 0.6) is 0 Å². The molecule has 83 heavy (non-hydrogen) atoms. The second-order valence-electron chi connectivity index (χ2n) is 27.4. The molecule has 2 aromatic heterocycles. The van der Waals surface area contributed by atoms with Crippen LogP contribution in [0.25, 0.3) is 22.1 Å². The van der Waals surface area contributed by atoms with Gasteiger partial charge in [0, 0.05) is 91.9 Å². The highest BCUT2D eigenvalue weighted by atomic mass is 35.5. The van der Waals surface area contributed by atoms with Crippen LogP contribution in [0.2, 0.25) is 5.15 Å². The molecule has 16 atom stereocenters. The summed E-state index contributed by atoms with van der Waals surface area (Å²) in [6.07, 6.45) is 31.0. The van der Waals surface area contributed by atoms with Crippen molar-refractivity contribution in [2.75, 3.05) is 44.4 Å². The minimum atomic E-state index is -3.25. The van der Waals surface area contributed by atoms with Crippen LogP contribution in [0, 0.1) is 35.5 Å². The third-order valence-corrected chi connectivity index (χ3v) is 24.6. The van der Waals surface area contributed by atoms with Crippen molar-refractivity contribution in [2.45, 2.75) is 217 Å². The Morgan fingerprint density at radius 1 is 0.542 bits per heavy atom.